The van der Waals surface area contributed by atoms with Gasteiger partial charge in [0.05, 0.1) is 17.4 Å². The first-order chi connectivity index (χ1) is 14.5. The molecule has 0 bridgehead atoms. The van der Waals surface area contributed by atoms with Gasteiger partial charge in [0.2, 0.25) is 0 Å². The molecule has 4 heteroatoms. The van der Waals surface area contributed by atoms with E-state index >= 15 is 0 Å². The van der Waals surface area contributed by atoms with Gasteiger partial charge in [-0.2, -0.15) is 10.4 Å². The van der Waals surface area contributed by atoms with Gasteiger partial charge in [0.25, 0.3) is 0 Å². The molecule has 0 aromatic carbocycles. The van der Waals surface area contributed by atoms with Crippen molar-refractivity contribution in [3.8, 4) is 6.07 Å². The van der Waals surface area contributed by atoms with E-state index in [4.69, 9.17) is 5.26 Å². The molecule has 1 N–H and O–H groups in total. The monoisotopic (exact) mass is 409 g/mol. The van der Waals surface area contributed by atoms with Gasteiger partial charge in [-0.05, 0) is 112 Å². The predicted molar refractivity (Wildman–Crippen MR) is 117 cm³/mol. The molecule has 4 saturated carbocycles. The van der Waals surface area contributed by atoms with E-state index in [2.05, 4.69) is 25.0 Å². The Morgan fingerprint density at radius 3 is 2.73 bits per heavy atom. The first-order valence-corrected chi connectivity index (χ1v) is 12.6. The number of hydrogen-bond donors (Lipinski definition) is 1. The number of aryl methyl sites for hydroxylation is 1. The Kier molecular flexibility index (Phi) is 5.25. The second-order valence-corrected chi connectivity index (χ2v) is 11.5. The van der Waals surface area contributed by atoms with E-state index < -0.39 is 0 Å². The number of aliphatic hydroxyl groups is 1. The number of nitriles is 1. The molecule has 0 unspecified atom stereocenters. The highest BCUT2D eigenvalue weighted by molar-refractivity contribution is 5.21. The van der Waals surface area contributed by atoms with E-state index in [1.165, 1.54) is 51.4 Å². The normalized spacial score (nSPS) is 45.3. The molecule has 8 atom stereocenters. The summed E-state index contributed by atoms with van der Waals surface area (Å²) in [4.78, 5) is 0. The zero-order chi connectivity index (χ0) is 20.9. The van der Waals surface area contributed by atoms with Crippen LogP contribution in [-0.2, 0) is 6.54 Å². The molecule has 1 aromatic heterocycles. The van der Waals surface area contributed by atoms with Crippen LogP contribution in [0.5, 0.6) is 0 Å². The second-order valence-electron chi connectivity index (χ2n) is 11.5. The van der Waals surface area contributed by atoms with Gasteiger partial charge < -0.3 is 5.11 Å². The van der Waals surface area contributed by atoms with Crippen molar-refractivity contribution in [2.45, 2.75) is 96.6 Å². The third kappa shape index (κ3) is 3.32. The van der Waals surface area contributed by atoms with E-state index in [1.54, 1.807) is 6.20 Å². The summed E-state index contributed by atoms with van der Waals surface area (Å²) in [6, 6.07) is 2.19. The highest BCUT2D eigenvalue weighted by Gasteiger charge is 2.57. The lowest BCUT2D eigenvalue weighted by molar-refractivity contribution is -0.107. The van der Waals surface area contributed by atoms with Gasteiger partial charge in [0, 0.05) is 12.7 Å². The molecule has 0 radical (unpaired) electrons. The van der Waals surface area contributed by atoms with Crippen molar-refractivity contribution in [1.82, 2.24) is 9.78 Å². The van der Waals surface area contributed by atoms with Crippen molar-refractivity contribution in [3.63, 3.8) is 0 Å². The van der Waals surface area contributed by atoms with Crippen LogP contribution in [0, 0.1) is 52.3 Å². The van der Waals surface area contributed by atoms with Gasteiger partial charge in [-0.15, -0.1) is 0 Å². The van der Waals surface area contributed by atoms with Crippen LogP contribution in [-0.4, -0.2) is 20.5 Å². The predicted octanol–water partition coefficient (Wildman–Crippen LogP) is 5.55. The maximum atomic E-state index is 10.9. The van der Waals surface area contributed by atoms with Gasteiger partial charge in [-0.25, -0.2) is 0 Å². The Morgan fingerprint density at radius 2 is 1.97 bits per heavy atom. The molecule has 0 aliphatic heterocycles. The molecule has 0 spiro atoms. The van der Waals surface area contributed by atoms with E-state index in [9.17, 15) is 5.11 Å². The minimum Gasteiger partial charge on any atom is -0.390 e. The molecule has 164 valence electrons. The lowest BCUT2D eigenvalue weighted by atomic mass is 9.49. The van der Waals surface area contributed by atoms with Gasteiger partial charge in [-0.1, -0.05) is 13.8 Å². The number of nitrogens with zero attached hydrogens (tertiary/aromatic N) is 3. The topological polar surface area (TPSA) is 61.8 Å². The molecule has 4 aliphatic carbocycles. The lowest BCUT2D eigenvalue weighted by Crippen LogP contribution is -2.50. The summed E-state index contributed by atoms with van der Waals surface area (Å²) in [6.07, 6.45) is 17.5. The second kappa shape index (κ2) is 7.66. The molecule has 0 saturated heterocycles. The van der Waals surface area contributed by atoms with Crippen molar-refractivity contribution in [1.29, 1.82) is 5.26 Å². The van der Waals surface area contributed by atoms with E-state index in [1.807, 2.05) is 10.9 Å². The maximum absolute atomic E-state index is 10.9. The van der Waals surface area contributed by atoms with Crippen LogP contribution >= 0.6 is 0 Å². The standard InChI is InChI=1S/C26H39N3O/c1-3-26(30)12-9-21-19(14-26)4-6-23-22(21)8-11-25(2)20(5-7-24(23)25)10-13-29-17-18(15-27)16-28-29/h16-17,19-24,30H,3-14H2,1-2H3/t19-,20-,21+,22-,23-,24+,25-,26-/m1/s1. The molecule has 0 amide bonds. The Balaban J connectivity index is 1.26. The average molecular weight is 410 g/mol. The van der Waals surface area contributed by atoms with Crippen LogP contribution in [0.3, 0.4) is 0 Å². The first-order valence-electron chi connectivity index (χ1n) is 12.6. The van der Waals surface area contributed by atoms with Gasteiger partial charge >= 0.3 is 0 Å². The zero-order valence-corrected chi connectivity index (χ0v) is 18.9. The molecule has 4 fully saturated rings. The van der Waals surface area contributed by atoms with E-state index in [0.717, 1.165) is 61.3 Å². The zero-order valence-electron chi connectivity index (χ0n) is 18.9. The Labute approximate surface area is 182 Å². The van der Waals surface area contributed by atoms with Crippen molar-refractivity contribution < 1.29 is 5.11 Å². The molecular formula is C26H39N3O. The van der Waals surface area contributed by atoms with Crippen LogP contribution in [0.2, 0.25) is 0 Å². The molecule has 1 aromatic rings. The van der Waals surface area contributed by atoms with Gasteiger partial charge in [0.1, 0.15) is 6.07 Å². The van der Waals surface area contributed by atoms with Crippen LogP contribution in [0.1, 0.15) is 90.0 Å². The summed E-state index contributed by atoms with van der Waals surface area (Å²) in [5.41, 5.74) is 0.802. The summed E-state index contributed by atoms with van der Waals surface area (Å²) >= 11 is 0. The minimum absolute atomic E-state index is 0.368. The summed E-state index contributed by atoms with van der Waals surface area (Å²) in [7, 11) is 0. The largest absolute Gasteiger partial charge is 0.390 e. The number of hydrogen-bond acceptors (Lipinski definition) is 3. The van der Waals surface area contributed by atoms with Crippen LogP contribution in [0.25, 0.3) is 0 Å². The molecule has 1 heterocycles. The van der Waals surface area contributed by atoms with Crippen molar-refractivity contribution in [2.75, 3.05) is 0 Å². The first kappa shape index (κ1) is 20.6. The lowest BCUT2D eigenvalue weighted by Gasteiger charge is -2.57. The number of rotatable bonds is 4. The highest BCUT2D eigenvalue weighted by Crippen LogP contribution is 2.65. The third-order valence-electron chi connectivity index (χ3n) is 10.4. The van der Waals surface area contributed by atoms with Crippen molar-refractivity contribution >= 4 is 0 Å². The molecule has 4 nitrogen and oxygen atoms in total. The minimum atomic E-state index is -0.368. The molecular weight excluding hydrogens is 370 g/mol. The smallest absolute Gasteiger partial charge is 0.102 e. The van der Waals surface area contributed by atoms with Crippen molar-refractivity contribution in [3.05, 3.63) is 18.0 Å². The van der Waals surface area contributed by atoms with Crippen LogP contribution < -0.4 is 0 Å². The fraction of sp³-hybridized carbons (Fsp3) is 0.846. The SMILES string of the molecule is CC[C@@]1(O)CC[C@H]2[C@H](CC[C@@H]3[C@@H]2CC[C@]2(C)[C@@H](CCn4cc(C#N)cn4)CC[C@@H]32)C1. The molecule has 5 rings (SSSR count). The summed E-state index contributed by atoms with van der Waals surface area (Å²) in [5, 5.41) is 24.3. The van der Waals surface area contributed by atoms with Gasteiger partial charge in [0.15, 0.2) is 0 Å². The fourth-order valence-electron chi connectivity index (χ4n) is 8.70. The van der Waals surface area contributed by atoms with Crippen molar-refractivity contribution in [2.24, 2.45) is 40.9 Å². The maximum Gasteiger partial charge on any atom is 0.102 e. The number of aromatic nitrogens is 2. The molecule has 30 heavy (non-hydrogen) atoms. The van der Waals surface area contributed by atoms with E-state index in [0.29, 0.717) is 11.0 Å². The van der Waals surface area contributed by atoms with Crippen LogP contribution in [0.4, 0.5) is 0 Å². The summed E-state index contributed by atoms with van der Waals surface area (Å²) in [6.45, 7) is 5.72. The fourth-order valence-corrected chi connectivity index (χ4v) is 8.70. The van der Waals surface area contributed by atoms with Crippen LogP contribution in [0.15, 0.2) is 12.4 Å². The third-order valence-corrected chi connectivity index (χ3v) is 10.4. The Hall–Kier alpha value is -1.34. The van der Waals surface area contributed by atoms with E-state index in [-0.39, 0.29) is 5.60 Å². The Bertz CT molecular complexity index is 811. The quantitative estimate of drug-likeness (QED) is 0.708. The Morgan fingerprint density at radius 1 is 1.13 bits per heavy atom. The van der Waals surface area contributed by atoms with Gasteiger partial charge in [-0.3, -0.25) is 4.68 Å². The highest BCUT2D eigenvalue weighted by atomic mass is 16.3. The number of fused-ring (bicyclic) bond motifs is 5. The summed E-state index contributed by atoms with van der Waals surface area (Å²) in [5.74, 6) is 5.21. The molecule has 4 aliphatic rings. The average Bonchev–Trinajstić information content (AvgIpc) is 3.35. The summed E-state index contributed by atoms with van der Waals surface area (Å²) < 4.78 is 1.98.